The van der Waals surface area contributed by atoms with Crippen molar-refractivity contribution in [3.05, 3.63) is 23.9 Å². The maximum Gasteiger partial charge on any atom is 0.335 e. The number of amides is 1. The van der Waals surface area contributed by atoms with Crippen molar-refractivity contribution in [1.29, 1.82) is 0 Å². The smallest absolute Gasteiger partial charge is 0.335 e. The number of carboxylic acid groups (broad SMARTS) is 1. The van der Waals surface area contributed by atoms with E-state index < -0.39 is 5.97 Å². The fourth-order valence-corrected chi connectivity index (χ4v) is 2.77. The van der Waals surface area contributed by atoms with E-state index in [9.17, 15) is 9.59 Å². The number of nitrogens with zero attached hydrogens (tertiary/aromatic N) is 2. The molecule has 0 radical (unpaired) electrons. The van der Waals surface area contributed by atoms with E-state index in [1.54, 1.807) is 0 Å². The molecule has 1 N–H and O–H groups in total. The van der Waals surface area contributed by atoms with Crippen molar-refractivity contribution >= 4 is 23.6 Å². The molecule has 0 aromatic carbocycles. The first-order chi connectivity index (χ1) is 9.32. The Morgan fingerprint density at radius 1 is 1.30 bits per heavy atom. The van der Waals surface area contributed by atoms with Crippen LogP contribution in [0.25, 0.3) is 0 Å². The lowest BCUT2D eigenvalue weighted by Gasteiger charge is -2.30. The fraction of sp³-hybridized carbons (Fsp3) is 0.500. The molecule has 0 unspecified atom stereocenters. The van der Waals surface area contributed by atoms with Crippen molar-refractivity contribution in [2.45, 2.75) is 44.8 Å². The highest BCUT2D eigenvalue weighted by atomic mass is 32.2. The molecule has 1 aromatic heterocycles. The van der Waals surface area contributed by atoms with Gasteiger partial charge in [0.25, 0.3) is 0 Å². The third kappa shape index (κ3) is 4.52. The fourth-order valence-electron chi connectivity index (χ4n) is 2.00. The number of thioether (sulfide) groups is 1. The van der Waals surface area contributed by atoms with Crippen LogP contribution in [0.4, 0.5) is 0 Å². The van der Waals surface area contributed by atoms with Gasteiger partial charge in [0.2, 0.25) is 5.91 Å². The molecular formula is C14H20N2O3S. The molecule has 110 valence electrons. The van der Waals surface area contributed by atoms with E-state index in [4.69, 9.17) is 5.11 Å². The van der Waals surface area contributed by atoms with Crippen molar-refractivity contribution < 1.29 is 14.7 Å². The monoisotopic (exact) mass is 296 g/mol. The molecule has 6 heteroatoms. The van der Waals surface area contributed by atoms with Crippen LogP contribution in [0.3, 0.4) is 0 Å². The topological polar surface area (TPSA) is 70.5 Å². The third-order valence-corrected chi connectivity index (χ3v) is 3.64. The summed E-state index contributed by atoms with van der Waals surface area (Å²) < 4.78 is 0. The highest BCUT2D eigenvalue weighted by Crippen LogP contribution is 2.18. The summed E-state index contributed by atoms with van der Waals surface area (Å²) in [6.07, 6.45) is 1.44. The van der Waals surface area contributed by atoms with Crippen LogP contribution in [-0.2, 0) is 4.79 Å². The molecule has 20 heavy (non-hydrogen) atoms. The predicted molar refractivity (Wildman–Crippen MR) is 79.0 cm³/mol. The Hall–Kier alpha value is -1.56. The molecule has 0 aliphatic carbocycles. The van der Waals surface area contributed by atoms with Crippen LogP contribution in [0.1, 0.15) is 38.1 Å². The molecule has 0 spiro atoms. The lowest BCUT2D eigenvalue weighted by atomic mass is 10.2. The van der Waals surface area contributed by atoms with Gasteiger partial charge >= 0.3 is 5.97 Å². The Morgan fingerprint density at radius 3 is 2.40 bits per heavy atom. The number of aromatic carboxylic acids is 1. The van der Waals surface area contributed by atoms with Crippen LogP contribution in [0.15, 0.2) is 23.4 Å². The summed E-state index contributed by atoms with van der Waals surface area (Å²) in [4.78, 5) is 28.9. The SMILES string of the molecule is CC(C)N(C(=O)CSc1cc(C(=O)O)ccn1)C(C)C. The first-order valence-corrected chi connectivity index (χ1v) is 7.44. The van der Waals surface area contributed by atoms with Gasteiger partial charge in [0.1, 0.15) is 0 Å². The molecule has 0 atom stereocenters. The number of pyridine rings is 1. The van der Waals surface area contributed by atoms with Gasteiger partial charge in [-0.3, -0.25) is 4.79 Å². The second-order valence-corrected chi connectivity index (χ2v) is 5.96. The summed E-state index contributed by atoms with van der Waals surface area (Å²) in [6, 6.07) is 3.20. The van der Waals surface area contributed by atoms with Crippen molar-refractivity contribution in [1.82, 2.24) is 9.88 Å². The number of carboxylic acids is 1. The average molecular weight is 296 g/mol. The van der Waals surface area contributed by atoms with E-state index in [2.05, 4.69) is 4.98 Å². The second kappa shape index (κ2) is 7.28. The summed E-state index contributed by atoms with van der Waals surface area (Å²) >= 11 is 1.26. The van der Waals surface area contributed by atoms with E-state index in [-0.39, 0.29) is 29.3 Å². The lowest BCUT2D eigenvalue weighted by Crippen LogP contribution is -2.43. The normalized spacial score (nSPS) is 10.9. The molecular weight excluding hydrogens is 276 g/mol. The first kappa shape index (κ1) is 16.5. The van der Waals surface area contributed by atoms with Crippen LogP contribution in [0.2, 0.25) is 0 Å². The van der Waals surface area contributed by atoms with Crippen molar-refractivity contribution in [3.8, 4) is 0 Å². The standard InChI is InChI=1S/C14H20N2O3S/c1-9(2)16(10(3)4)13(17)8-20-12-7-11(14(18)19)5-6-15-12/h5-7,9-10H,8H2,1-4H3,(H,18,19). The van der Waals surface area contributed by atoms with Crippen molar-refractivity contribution in [3.63, 3.8) is 0 Å². The van der Waals surface area contributed by atoms with Gasteiger partial charge < -0.3 is 10.0 Å². The average Bonchev–Trinajstić information content (AvgIpc) is 2.35. The number of aromatic nitrogens is 1. The van der Waals surface area contributed by atoms with Crippen LogP contribution >= 0.6 is 11.8 Å². The molecule has 5 nitrogen and oxygen atoms in total. The van der Waals surface area contributed by atoms with E-state index in [1.807, 2.05) is 32.6 Å². The number of hydrogen-bond donors (Lipinski definition) is 1. The maximum atomic E-state index is 12.2. The van der Waals surface area contributed by atoms with E-state index in [0.717, 1.165) is 0 Å². The molecule has 0 saturated heterocycles. The number of rotatable bonds is 6. The van der Waals surface area contributed by atoms with Crippen LogP contribution in [-0.4, -0.2) is 44.7 Å². The maximum absolute atomic E-state index is 12.2. The molecule has 1 aromatic rings. The summed E-state index contributed by atoms with van der Waals surface area (Å²) in [5.74, 6) is -0.707. The minimum absolute atomic E-state index is 0.0301. The highest BCUT2D eigenvalue weighted by molar-refractivity contribution is 7.99. The molecule has 0 saturated carbocycles. The van der Waals surface area contributed by atoms with Gasteiger partial charge in [-0.2, -0.15) is 0 Å². The molecule has 1 amide bonds. The summed E-state index contributed by atoms with van der Waals surface area (Å²) in [6.45, 7) is 7.91. The Balaban J connectivity index is 2.69. The van der Waals surface area contributed by atoms with Crippen molar-refractivity contribution in [2.75, 3.05) is 5.75 Å². The molecule has 0 fully saturated rings. The molecule has 0 bridgehead atoms. The number of hydrogen-bond acceptors (Lipinski definition) is 4. The Labute approximate surface area is 123 Å². The first-order valence-electron chi connectivity index (χ1n) is 6.46. The third-order valence-electron chi connectivity index (χ3n) is 2.73. The summed E-state index contributed by atoms with van der Waals surface area (Å²) in [5.41, 5.74) is 0.180. The zero-order valence-corrected chi connectivity index (χ0v) is 13.0. The Bertz CT molecular complexity index is 481. The summed E-state index contributed by atoms with van der Waals surface area (Å²) in [5, 5.41) is 9.46. The van der Waals surface area contributed by atoms with Gasteiger partial charge in [-0.05, 0) is 39.8 Å². The van der Waals surface area contributed by atoms with Crippen LogP contribution < -0.4 is 0 Å². The Kier molecular flexibility index (Phi) is 6.01. The van der Waals surface area contributed by atoms with E-state index in [1.165, 1.54) is 30.1 Å². The van der Waals surface area contributed by atoms with Gasteiger partial charge in [0.05, 0.1) is 16.3 Å². The molecule has 1 rings (SSSR count). The van der Waals surface area contributed by atoms with Gasteiger partial charge in [-0.25, -0.2) is 9.78 Å². The van der Waals surface area contributed by atoms with E-state index in [0.29, 0.717) is 5.03 Å². The number of carbonyl (C=O) groups is 2. The second-order valence-electron chi connectivity index (χ2n) is 4.97. The molecule has 1 heterocycles. The quantitative estimate of drug-likeness (QED) is 0.817. The lowest BCUT2D eigenvalue weighted by molar-refractivity contribution is -0.131. The van der Waals surface area contributed by atoms with Gasteiger partial charge in [0, 0.05) is 18.3 Å². The van der Waals surface area contributed by atoms with Crippen LogP contribution in [0, 0.1) is 0 Å². The zero-order chi connectivity index (χ0) is 15.3. The largest absolute Gasteiger partial charge is 0.478 e. The molecule has 0 aliphatic rings. The van der Waals surface area contributed by atoms with Crippen LogP contribution in [0.5, 0.6) is 0 Å². The summed E-state index contributed by atoms with van der Waals surface area (Å²) in [7, 11) is 0. The zero-order valence-electron chi connectivity index (χ0n) is 12.2. The molecule has 0 aliphatic heterocycles. The van der Waals surface area contributed by atoms with Gasteiger partial charge in [-0.1, -0.05) is 11.8 Å². The minimum atomic E-state index is -0.994. The van der Waals surface area contributed by atoms with Gasteiger partial charge in [-0.15, -0.1) is 0 Å². The van der Waals surface area contributed by atoms with E-state index >= 15 is 0 Å². The minimum Gasteiger partial charge on any atom is -0.478 e. The Morgan fingerprint density at radius 2 is 1.90 bits per heavy atom. The van der Waals surface area contributed by atoms with Crippen molar-refractivity contribution in [2.24, 2.45) is 0 Å². The van der Waals surface area contributed by atoms with Gasteiger partial charge in [0.15, 0.2) is 0 Å². The highest BCUT2D eigenvalue weighted by Gasteiger charge is 2.20. The number of carbonyl (C=O) groups excluding carboxylic acids is 1. The predicted octanol–water partition coefficient (Wildman–Crippen LogP) is 2.52.